The summed E-state index contributed by atoms with van der Waals surface area (Å²) in [6.45, 7) is 10.1. The zero-order chi connectivity index (χ0) is 25.4. The van der Waals surface area contributed by atoms with Gasteiger partial charge in [-0.15, -0.1) is 0 Å². The Morgan fingerprint density at radius 1 is 1.09 bits per heavy atom. The number of nitrogens with zero attached hydrogens (tertiary/aromatic N) is 1. The molecule has 0 spiro atoms. The summed E-state index contributed by atoms with van der Waals surface area (Å²) in [7, 11) is 0. The molecule has 7 nitrogen and oxygen atoms in total. The van der Waals surface area contributed by atoms with E-state index in [1.54, 1.807) is 4.90 Å². The second kappa shape index (κ2) is 11.8. The Balaban J connectivity index is 1.51. The van der Waals surface area contributed by atoms with E-state index in [-0.39, 0.29) is 24.8 Å². The van der Waals surface area contributed by atoms with Gasteiger partial charge in [-0.25, -0.2) is 9.59 Å². The first kappa shape index (κ1) is 26.1. The average Bonchev–Trinajstić information content (AvgIpc) is 3.20. The number of allylic oxidation sites excluding steroid dienone is 1. The van der Waals surface area contributed by atoms with Gasteiger partial charge in [-0.1, -0.05) is 36.4 Å². The lowest BCUT2D eigenvalue weighted by molar-refractivity contribution is -0.157. The second-order valence-corrected chi connectivity index (χ2v) is 9.55. The van der Waals surface area contributed by atoms with E-state index < -0.39 is 11.6 Å². The van der Waals surface area contributed by atoms with Gasteiger partial charge in [0.05, 0.1) is 6.54 Å². The first-order chi connectivity index (χ1) is 16.6. The highest BCUT2D eigenvalue weighted by atomic mass is 16.6. The molecule has 0 unspecified atom stereocenters. The average molecular weight is 482 g/mol. The van der Waals surface area contributed by atoms with Crippen molar-refractivity contribution in [2.75, 3.05) is 19.8 Å². The molecule has 1 fully saturated rings. The van der Waals surface area contributed by atoms with Crippen LogP contribution in [0.2, 0.25) is 0 Å². The minimum Gasteiger partial charge on any atom is -0.490 e. The number of para-hydroxylation sites is 1. The quantitative estimate of drug-likeness (QED) is 0.418. The van der Waals surface area contributed by atoms with E-state index in [0.29, 0.717) is 25.3 Å². The first-order valence-corrected chi connectivity index (χ1v) is 11.9. The van der Waals surface area contributed by atoms with Crippen LogP contribution < -0.4 is 9.47 Å². The second-order valence-electron chi connectivity index (χ2n) is 9.55. The van der Waals surface area contributed by atoms with E-state index in [4.69, 9.17) is 18.9 Å². The number of benzene rings is 2. The molecular formula is C28H35NO6. The van der Waals surface area contributed by atoms with Gasteiger partial charge < -0.3 is 23.8 Å². The summed E-state index contributed by atoms with van der Waals surface area (Å²) in [5, 5.41) is 0. The zero-order valence-electron chi connectivity index (χ0n) is 21.2. The minimum absolute atomic E-state index is 0.0430. The van der Waals surface area contributed by atoms with Gasteiger partial charge in [0.25, 0.3) is 0 Å². The van der Waals surface area contributed by atoms with Gasteiger partial charge in [0.1, 0.15) is 23.7 Å². The lowest BCUT2D eigenvalue weighted by Gasteiger charge is -2.23. The Hall–Kier alpha value is -3.48. The fourth-order valence-electron chi connectivity index (χ4n) is 3.80. The van der Waals surface area contributed by atoms with Crippen LogP contribution in [-0.2, 0) is 14.3 Å². The molecule has 0 aromatic heterocycles. The highest BCUT2D eigenvalue weighted by molar-refractivity contribution is 5.72. The van der Waals surface area contributed by atoms with E-state index in [2.05, 4.69) is 0 Å². The number of hydrogen-bond donors (Lipinski definition) is 0. The highest BCUT2D eigenvalue weighted by Crippen LogP contribution is 2.27. The summed E-state index contributed by atoms with van der Waals surface area (Å²) in [6, 6.07) is 17.0. The molecule has 0 aliphatic carbocycles. The molecule has 1 aliphatic rings. The molecule has 0 saturated carbocycles. The van der Waals surface area contributed by atoms with Crippen LogP contribution in [0.1, 0.15) is 46.6 Å². The standard InChI is InChI=1S/C28H35NO6/c1-6-21(22-12-14-24(15-13-22)33-19-26(30)35-28(3,4)5)16-20(2)29-17-25(34-27(29)31)18-32-23-10-8-7-9-11-23/h6-15,20,25H,16-19H2,1-5H3/t20-,25-/m0/s1. The third-order valence-corrected chi connectivity index (χ3v) is 5.48. The molecule has 0 radical (unpaired) electrons. The number of rotatable bonds is 10. The maximum atomic E-state index is 12.5. The third kappa shape index (κ3) is 8.05. The molecule has 1 heterocycles. The van der Waals surface area contributed by atoms with Gasteiger partial charge in [0, 0.05) is 6.04 Å². The van der Waals surface area contributed by atoms with Crippen LogP contribution >= 0.6 is 0 Å². The van der Waals surface area contributed by atoms with Crippen molar-refractivity contribution in [3.05, 3.63) is 66.2 Å². The number of amides is 1. The SMILES string of the molecule is CC=C(C[C@H](C)N1C[C@@H](COc2ccccc2)OC1=O)c1ccc(OCC(=O)OC(C)(C)C)cc1. The van der Waals surface area contributed by atoms with Crippen molar-refractivity contribution in [3.8, 4) is 11.5 Å². The highest BCUT2D eigenvalue weighted by Gasteiger charge is 2.35. The van der Waals surface area contributed by atoms with Crippen molar-refractivity contribution >= 4 is 17.6 Å². The summed E-state index contributed by atoms with van der Waals surface area (Å²) < 4.78 is 22.1. The van der Waals surface area contributed by atoms with Crippen molar-refractivity contribution in [2.45, 2.75) is 58.8 Å². The topological polar surface area (TPSA) is 74.3 Å². The normalized spacial score (nSPS) is 17.1. The van der Waals surface area contributed by atoms with Crippen LogP contribution in [0.25, 0.3) is 5.57 Å². The first-order valence-electron chi connectivity index (χ1n) is 11.9. The number of cyclic esters (lactones) is 1. The van der Waals surface area contributed by atoms with E-state index in [0.717, 1.165) is 16.9 Å². The Morgan fingerprint density at radius 2 is 1.74 bits per heavy atom. The van der Waals surface area contributed by atoms with E-state index in [1.165, 1.54) is 0 Å². The summed E-state index contributed by atoms with van der Waals surface area (Å²) in [4.78, 5) is 26.1. The minimum atomic E-state index is -0.543. The zero-order valence-corrected chi connectivity index (χ0v) is 21.2. The smallest absolute Gasteiger partial charge is 0.410 e. The van der Waals surface area contributed by atoms with Crippen molar-refractivity contribution in [1.29, 1.82) is 0 Å². The molecule has 35 heavy (non-hydrogen) atoms. The molecule has 2 aromatic rings. The molecule has 188 valence electrons. The van der Waals surface area contributed by atoms with Crippen LogP contribution in [0.3, 0.4) is 0 Å². The van der Waals surface area contributed by atoms with Crippen molar-refractivity contribution in [3.63, 3.8) is 0 Å². The number of carbonyl (C=O) groups is 2. The predicted octanol–water partition coefficient (Wildman–Crippen LogP) is 5.49. The van der Waals surface area contributed by atoms with Gasteiger partial charge in [-0.05, 0) is 76.4 Å². The number of carbonyl (C=O) groups excluding carboxylic acids is 2. The fraction of sp³-hybridized carbons (Fsp3) is 0.429. The van der Waals surface area contributed by atoms with Crippen molar-refractivity contribution in [2.24, 2.45) is 0 Å². The molecular weight excluding hydrogens is 446 g/mol. The van der Waals surface area contributed by atoms with E-state index in [1.807, 2.05) is 95.3 Å². The maximum Gasteiger partial charge on any atom is 0.410 e. The van der Waals surface area contributed by atoms with E-state index >= 15 is 0 Å². The number of hydrogen-bond acceptors (Lipinski definition) is 6. The predicted molar refractivity (Wildman–Crippen MR) is 134 cm³/mol. The molecule has 1 aliphatic heterocycles. The molecule has 0 N–H and O–H groups in total. The van der Waals surface area contributed by atoms with Crippen LogP contribution in [-0.4, -0.2) is 54.5 Å². The van der Waals surface area contributed by atoms with Crippen LogP contribution in [0, 0.1) is 0 Å². The van der Waals surface area contributed by atoms with Gasteiger partial charge in [-0.3, -0.25) is 0 Å². The molecule has 7 heteroatoms. The van der Waals surface area contributed by atoms with Crippen LogP contribution in [0.15, 0.2) is 60.7 Å². The molecule has 1 amide bonds. The maximum absolute atomic E-state index is 12.5. The molecule has 0 bridgehead atoms. The Bertz CT molecular complexity index is 1010. The summed E-state index contributed by atoms with van der Waals surface area (Å²) >= 11 is 0. The van der Waals surface area contributed by atoms with Crippen molar-refractivity contribution < 1.29 is 28.5 Å². The Labute approximate surface area is 207 Å². The van der Waals surface area contributed by atoms with Gasteiger partial charge in [0.15, 0.2) is 12.7 Å². The molecule has 2 aromatic carbocycles. The summed E-state index contributed by atoms with van der Waals surface area (Å²) in [5.41, 5.74) is 1.59. The number of esters is 1. The third-order valence-electron chi connectivity index (χ3n) is 5.48. The van der Waals surface area contributed by atoms with Gasteiger partial charge >= 0.3 is 12.1 Å². The Kier molecular flexibility index (Phi) is 8.79. The lowest BCUT2D eigenvalue weighted by Crippen LogP contribution is -2.35. The molecule has 3 rings (SSSR count). The monoisotopic (exact) mass is 481 g/mol. The lowest BCUT2D eigenvalue weighted by atomic mass is 9.98. The van der Waals surface area contributed by atoms with Crippen LogP contribution in [0.5, 0.6) is 11.5 Å². The van der Waals surface area contributed by atoms with Gasteiger partial charge in [0.2, 0.25) is 0 Å². The summed E-state index contributed by atoms with van der Waals surface area (Å²) in [5.74, 6) is 0.937. The molecule has 2 atom stereocenters. The Morgan fingerprint density at radius 3 is 2.37 bits per heavy atom. The number of ether oxygens (including phenoxy) is 4. The summed E-state index contributed by atoms with van der Waals surface area (Å²) in [6.07, 6.45) is 2.10. The van der Waals surface area contributed by atoms with Gasteiger partial charge in [-0.2, -0.15) is 0 Å². The van der Waals surface area contributed by atoms with Crippen molar-refractivity contribution in [1.82, 2.24) is 4.90 Å². The van der Waals surface area contributed by atoms with Crippen LogP contribution in [0.4, 0.5) is 4.79 Å². The van der Waals surface area contributed by atoms with E-state index in [9.17, 15) is 9.59 Å². The largest absolute Gasteiger partial charge is 0.490 e. The fourth-order valence-corrected chi connectivity index (χ4v) is 3.80. The molecule has 1 saturated heterocycles.